The zero-order chi connectivity index (χ0) is 12.0. The predicted molar refractivity (Wildman–Crippen MR) is 84.5 cm³/mol. The van der Waals surface area contributed by atoms with E-state index in [1.54, 1.807) is 0 Å². The van der Waals surface area contributed by atoms with Crippen molar-refractivity contribution in [2.24, 2.45) is 0 Å². The van der Waals surface area contributed by atoms with Crippen molar-refractivity contribution >= 4 is 21.6 Å². The van der Waals surface area contributed by atoms with Crippen molar-refractivity contribution in [1.82, 2.24) is 0 Å². The van der Waals surface area contributed by atoms with E-state index in [2.05, 4.69) is 23.6 Å². The molecule has 0 N–H and O–H groups in total. The van der Waals surface area contributed by atoms with Crippen LogP contribution in [0.5, 0.6) is 0 Å². The Labute approximate surface area is 115 Å². The van der Waals surface area contributed by atoms with Crippen LogP contribution in [0.25, 0.3) is 0 Å². The molecule has 0 unspecified atom stereocenters. The van der Waals surface area contributed by atoms with E-state index in [0.717, 1.165) is 0 Å². The smallest absolute Gasteiger partial charge is 0.0229 e. The summed E-state index contributed by atoms with van der Waals surface area (Å²) in [5.41, 5.74) is 0. The van der Waals surface area contributed by atoms with Crippen molar-refractivity contribution in [3.8, 4) is 0 Å². The zero-order valence-electron chi connectivity index (χ0n) is 10.9. The molecule has 0 saturated heterocycles. The van der Waals surface area contributed by atoms with Crippen molar-refractivity contribution in [2.75, 3.05) is 5.75 Å². The summed E-state index contributed by atoms with van der Waals surface area (Å²) >= 11 is 0. The van der Waals surface area contributed by atoms with Crippen molar-refractivity contribution in [2.45, 2.75) is 64.2 Å². The van der Waals surface area contributed by atoms with Gasteiger partial charge in [-0.05, 0) is 31.1 Å². The summed E-state index contributed by atoms with van der Waals surface area (Å²) in [6.07, 6.45) is 21.2. The molecule has 0 radical (unpaired) electrons. The second-order valence-electron chi connectivity index (χ2n) is 4.63. The van der Waals surface area contributed by atoms with E-state index in [1.807, 2.05) is 21.6 Å². The third-order valence-corrected chi connectivity index (χ3v) is 4.96. The highest BCUT2D eigenvalue weighted by molar-refractivity contribution is 8.78. The molecular weight excluding hydrogens is 244 g/mol. The first-order valence-electron chi connectivity index (χ1n) is 7.08. The van der Waals surface area contributed by atoms with Gasteiger partial charge in [-0.3, -0.25) is 0 Å². The summed E-state index contributed by atoms with van der Waals surface area (Å²) in [5.74, 6) is 1.20. The molecule has 0 fully saturated rings. The molecule has 1 aliphatic heterocycles. The maximum atomic E-state index is 2.38. The van der Waals surface area contributed by atoms with Gasteiger partial charge in [0, 0.05) is 5.75 Å². The van der Waals surface area contributed by atoms with Crippen LogP contribution < -0.4 is 0 Å². The third kappa shape index (κ3) is 11.0. The molecule has 0 aromatic carbocycles. The molecule has 0 atom stereocenters. The van der Waals surface area contributed by atoms with Crippen LogP contribution in [0, 0.1) is 0 Å². The summed E-state index contributed by atoms with van der Waals surface area (Å²) < 4.78 is 0. The summed E-state index contributed by atoms with van der Waals surface area (Å²) in [5, 5.41) is 2.12. The first kappa shape index (κ1) is 15.2. The first-order valence-corrected chi connectivity index (χ1v) is 9.46. The molecule has 98 valence electrons. The quantitative estimate of drug-likeness (QED) is 0.371. The molecule has 2 aliphatic rings. The standard InChI is InChI=1S/C12H22.C3H4S2/c1-2-4-6-8-10-12-11-9-7-5-3-1;1-2-4-5-3-1/h1-2H,3-12H2;1-2H,3H2/b2-1+;. The van der Waals surface area contributed by atoms with E-state index in [-0.39, 0.29) is 0 Å². The fourth-order valence-electron chi connectivity index (χ4n) is 2.02. The van der Waals surface area contributed by atoms with Crippen LogP contribution in [-0.4, -0.2) is 5.75 Å². The maximum Gasteiger partial charge on any atom is 0.0229 e. The largest absolute Gasteiger partial charge is 0.0885 e. The lowest BCUT2D eigenvalue weighted by molar-refractivity contribution is 0.566. The Bertz CT molecular complexity index is 189. The second-order valence-corrected chi connectivity index (χ2v) is 6.95. The number of rotatable bonds is 0. The minimum atomic E-state index is 1.20. The Morgan fingerprint density at radius 3 is 1.47 bits per heavy atom. The average molecular weight is 271 g/mol. The highest BCUT2D eigenvalue weighted by atomic mass is 33.1. The van der Waals surface area contributed by atoms with Crippen molar-refractivity contribution in [3.63, 3.8) is 0 Å². The lowest BCUT2D eigenvalue weighted by atomic mass is 10.0. The topological polar surface area (TPSA) is 0 Å². The van der Waals surface area contributed by atoms with E-state index in [4.69, 9.17) is 0 Å². The summed E-state index contributed by atoms with van der Waals surface area (Å²) in [6.45, 7) is 0. The second kappa shape index (κ2) is 12.6. The molecular formula is C15H26S2. The summed E-state index contributed by atoms with van der Waals surface area (Å²) in [7, 11) is 3.69. The zero-order valence-corrected chi connectivity index (χ0v) is 12.5. The van der Waals surface area contributed by atoms with Crippen LogP contribution in [0.4, 0.5) is 0 Å². The third-order valence-electron chi connectivity index (χ3n) is 3.04. The monoisotopic (exact) mass is 270 g/mol. The van der Waals surface area contributed by atoms with E-state index in [9.17, 15) is 0 Å². The number of allylic oxidation sites excluding steroid dienone is 2. The van der Waals surface area contributed by atoms with Gasteiger partial charge in [-0.25, -0.2) is 0 Å². The Balaban J connectivity index is 0.000000239. The summed E-state index contributed by atoms with van der Waals surface area (Å²) in [4.78, 5) is 0. The minimum Gasteiger partial charge on any atom is -0.0885 e. The summed E-state index contributed by atoms with van der Waals surface area (Å²) in [6, 6.07) is 0. The Hall–Kier alpha value is 0.180. The van der Waals surface area contributed by atoms with Crippen LogP contribution in [0.15, 0.2) is 23.6 Å². The highest BCUT2D eigenvalue weighted by Gasteiger charge is 1.92. The molecule has 0 aromatic rings. The van der Waals surface area contributed by atoms with Gasteiger partial charge in [0.2, 0.25) is 0 Å². The molecule has 0 aromatic heterocycles. The van der Waals surface area contributed by atoms with Crippen LogP contribution in [0.1, 0.15) is 64.2 Å². The van der Waals surface area contributed by atoms with Gasteiger partial charge >= 0.3 is 0 Å². The van der Waals surface area contributed by atoms with Gasteiger partial charge < -0.3 is 0 Å². The van der Waals surface area contributed by atoms with Gasteiger partial charge in [0.1, 0.15) is 0 Å². The van der Waals surface area contributed by atoms with Crippen LogP contribution >= 0.6 is 21.6 Å². The average Bonchev–Trinajstić information content (AvgIpc) is 2.88. The molecule has 0 bridgehead atoms. The fourth-order valence-corrected chi connectivity index (χ4v) is 3.59. The predicted octanol–water partition coefficient (Wildman–Crippen LogP) is 6.35. The van der Waals surface area contributed by atoms with Gasteiger partial charge in [0.25, 0.3) is 0 Å². The van der Waals surface area contributed by atoms with Gasteiger partial charge in [-0.2, -0.15) is 0 Å². The van der Waals surface area contributed by atoms with Crippen LogP contribution in [0.3, 0.4) is 0 Å². The van der Waals surface area contributed by atoms with E-state index < -0.39 is 0 Å². The molecule has 0 saturated carbocycles. The lowest BCUT2D eigenvalue weighted by Gasteiger charge is -2.02. The molecule has 0 spiro atoms. The Kier molecular flexibility index (Phi) is 11.3. The minimum absolute atomic E-state index is 1.20. The van der Waals surface area contributed by atoms with Gasteiger partial charge in [-0.1, -0.05) is 78.3 Å². The molecule has 1 heterocycles. The molecule has 2 rings (SSSR count). The SMILES string of the molecule is C1=C/CCCCCCCCCC/1.C1=CSSC1. The van der Waals surface area contributed by atoms with Crippen molar-refractivity contribution < 1.29 is 0 Å². The van der Waals surface area contributed by atoms with Gasteiger partial charge in [0.15, 0.2) is 0 Å². The molecule has 2 heteroatoms. The van der Waals surface area contributed by atoms with Crippen LogP contribution in [0.2, 0.25) is 0 Å². The van der Waals surface area contributed by atoms with Crippen molar-refractivity contribution in [3.05, 3.63) is 23.6 Å². The number of hydrogen-bond donors (Lipinski definition) is 0. The molecule has 0 amide bonds. The number of hydrogen-bond acceptors (Lipinski definition) is 2. The van der Waals surface area contributed by atoms with Gasteiger partial charge in [-0.15, -0.1) is 0 Å². The first-order chi connectivity index (χ1) is 8.50. The van der Waals surface area contributed by atoms with Gasteiger partial charge in [0.05, 0.1) is 0 Å². The Morgan fingerprint density at radius 1 is 0.588 bits per heavy atom. The fraction of sp³-hybridized carbons (Fsp3) is 0.733. The normalized spacial score (nSPS) is 24.0. The molecule has 1 aliphatic carbocycles. The van der Waals surface area contributed by atoms with Crippen molar-refractivity contribution in [1.29, 1.82) is 0 Å². The van der Waals surface area contributed by atoms with E-state index in [0.29, 0.717) is 0 Å². The lowest BCUT2D eigenvalue weighted by Crippen LogP contribution is -1.82. The molecule has 17 heavy (non-hydrogen) atoms. The Morgan fingerprint density at radius 2 is 1.12 bits per heavy atom. The van der Waals surface area contributed by atoms with Crippen LogP contribution in [-0.2, 0) is 0 Å². The van der Waals surface area contributed by atoms with E-state index >= 15 is 0 Å². The maximum absolute atomic E-state index is 2.38. The molecule has 0 nitrogen and oxygen atoms in total. The highest BCUT2D eigenvalue weighted by Crippen LogP contribution is 2.27. The van der Waals surface area contributed by atoms with E-state index in [1.165, 1.54) is 70.0 Å².